The zero-order valence-corrected chi connectivity index (χ0v) is 15.0. The molecule has 4 aromatic rings. The zero-order chi connectivity index (χ0) is 18.1. The number of benzene rings is 2. The third-order valence-electron chi connectivity index (χ3n) is 3.92. The van der Waals surface area contributed by atoms with Crippen LogP contribution in [0.5, 0.6) is 11.5 Å². The first-order valence-corrected chi connectivity index (χ1v) is 8.70. The lowest BCUT2D eigenvalue weighted by molar-refractivity contribution is 0.355. The average Bonchev–Trinajstić information content (AvgIpc) is 3.22. The van der Waals surface area contributed by atoms with E-state index < -0.39 is 0 Å². The molecule has 0 aliphatic carbocycles. The molecule has 0 N–H and O–H groups in total. The lowest BCUT2D eigenvalue weighted by Gasteiger charge is -2.07. The first-order chi connectivity index (χ1) is 12.7. The maximum atomic E-state index is 12.6. The molecule has 6 nitrogen and oxygen atoms in total. The van der Waals surface area contributed by atoms with Crippen molar-refractivity contribution in [3.8, 4) is 22.9 Å². The van der Waals surface area contributed by atoms with Gasteiger partial charge in [-0.3, -0.25) is 4.79 Å². The van der Waals surface area contributed by atoms with Crippen LogP contribution in [0.25, 0.3) is 22.4 Å². The molecule has 0 bridgehead atoms. The molecule has 130 valence electrons. The molecule has 0 aliphatic heterocycles. The molecule has 0 amide bonds. The van der Waals surface area contributed by atoms with Crippen molar-refractivity contribution in [1.82, 2.24) is 14.6 Å². The Bertz CT molecular complexity index is 1180. The van der Waals surface area contributed by atoms with Gasteiger partial charge in [-0.25, -0.2) is 0 Å². The van der Waals surface area contributed by atoms with E-state index in [9.17, 15) is 4.79 Å². The molecule has 0 aliphatic rings. The molecule has 0 fully saturated rings. The van der Waals surface area contributed by atoms with Crippen molar-refractivity contribution in [2.24, 2.45) is 0 Å². The minimum absolute atomic E-state index is 0.173. The van der Waals surface area contributed by atoms with Gasteiger partial charge in [0.1, 0.15) is 0 Å². The van der Waals surface area contributed by atoms with E-state index >= 15 is 0 Å². The number of rotatable bonds is 4. The third-order valence-corrected chi connectivity index (χ3v) is 4.88. The minimum atomic E-state index is -0.173. The molecular weight excluding hydrogens is 350 g/mol. The highest BCUT2D eigenvalue weighted by molar-refractivity contribution is 7.15. The van der Waals surface area contributed by atoms with E-state index in [1.807, 2.05) is 42.5 Å². The van der Waals surface area contributed by atoms with E-state index in [0.717, 1.165) is 11.1 Å². The van der Waals surface area contributed by atoms with Crippen molar-refractivity contribution in [2.45, 2.75) is 0 Å². The first-order valence-electron chi connectivity index (χ1n) is 7.88. The highest BCUT2D eigenvalue weighted by Gasteiger charge is 2.14. The minimum Gasteiger partial charge on any atom is -0.493 e. The number of fused-ring (bicyclic) bond motifs is 1. The van der Waals surface area contributed by atoms with Crippen molar-refractivity contribution in [3.05, 3.63) is 69.0 Å². The van der Waals surface area contributed by atoms with Gasteiger partial charge in [0.25, 0.3) is 5.56 Å². The Labute approximate surface area is 153 Å². The van der Waals surface area contributed by atoms with Crippen LogP contribution >= 0.6 is 11.3 Å². The Kier molecular flexibility index (Phi) is 4.14. The molecule has 2 heterocycles. The predicted octanol–water partition coefficient (Wildman–Crippen LogP) is 2.38. The van der Waals surface area contributed by atoms with Crippen LogP contribution in [0.4, 0.5) is 0 Å². The molecule has 0 unspecified atom stereocenters. The molecule has 2 aromatic carbocycles. The van der Waals surface area contributed by atoms with E-state index in [2.05, 4.69) is 10.1 Å². The number of hydrogen-bond acceptors (Lipinski definition) is 6. The predicted molar refractivity (Wildman–Crippen MR) is 101 cm³/mol. The van der Waals surface area contributed by atoms with Crippen LogP contribution in [-0.4, -0.2) is 28.8 Å². The van der Waals surface area contributed by atoms with Gasteiger partial charge in [-0.15, -0.1) is 5.10 Å². The Hall–Kier alpha value is -3.19. The van der Waals surface area contributed by atoms with Gasteiger partial charge < -0.3 is 9.47 Å². The van der Waals surface area contributed by atoms with Crippen LogP contribution < -0.4 is 19.6 Å². The summed E-state index contributed by atoms with van der Waals surface area (Å²) in [5, 5.41) is 4.36. The summed E-state index contributed by atoms with van der Waals surface area (Å²) in [6.07, 6.45) is 1.85. The first kappa shape index (κ1) is 16.3. The molecule has 0 radical (unpaired) electrons. The Morgan fingerprint density at radius 2 is 1.81 bits per heavy atom. The van der Waals surface area contributed by atoms with Gasteiger partial charge in [-0.05, 0) is 29.8 Å². The van der Waals surface area contributed by atoms with Crippen LogP contribution in [0.15, 0.2) is 53.3 Å². The van der Waals surface area contributed by atoms with E-state index in [4.69, 9.17) is 9.47 Å². The number of thiazole rings is 1. The fourth-order valence-corrected chi connectivity index (χ4v) is 3.54. The monoisotopic (exact) mass is 365 g/mol. The maximum absolute atomic E-state index is 12.6. The Balaban J connectivity index is 1.79. The van der Waals surface area contributed by atoms with E-state index in [-0.39, 0.29) is 5.56 Å². The molecule has 26 heavy (non-hydrogen) atoms. The van der Waals surface area contributed by atoms with E-state index in [0.29, 0.717) is 26.8 Å². The van der Waals surface area contributed by atoms with Gasteiger partial charge in [0.15, 0.2) is 17.3 Å². The van der Waals surface area contributed by atoms with Gasteiger partial charge in [0.2, 0.25) is 4.96 Å². The largest absolute Gasteiger partial charge is 0.493 e. The molecule has 0 spiro atoms. The van der Waals surface area contributed by atoms with Crippen LogP contribution in [0, 0.1) is 0 Å². The fourth-order valence-electron chi connectivity index (χ4n) is 2.63. The number of nitrogens with zero attached hydrogens (tertiary/aromatic N) is 3. The van der Waals surface area contributed by atoms with Crippen molar-refractivity contribution < 1.29 is 9.47 Å². The summed E-state index contributed by atoms with van der Waals surface area (Å²) in [5.74, 6) is 1.69. The highest BCUT2D eigenvalue weighted by atomic mass is 32.1. The third kappa shape index (κ3) is 2.82. The summed E-state index contributed by atoms with van der Waals surface area (Å²) in [6.45, 7) is 0. The van der Waals surface area contributed by atoms with Crippen molar-refractivity contribution in [2.75, 3.05) is 14.2 Å². The van der Waals surface area contributed by atoms with Crippen LogP contribution in [0.2, 0.25) is 0 Å². The smallest absolute Gasteiger partial charge is 0.291 e. The molecule has 7 heteroatoms. The second-order valence-electron chi connectivity index (χ2n) is 5.53. The van der Waals surface area contributed by atoms with Crippen LogP contribution in [0.1, 0.15) is 5.56 Å². The SMILES string of the molecule is COc1ccc(-c2nc3s/c(=C/c4ccccc4)c(=O)n3n2)cc1OC. The lowest BCUT2D eigenvalue weighted by Crippen LogP contribution is -2.23. The maximum Gasteiger partial charge on any atom is 0.291 e. The molecule has 4 rings (SSSR count). The van der Waals surface area contributed by atoms with Gasteiger partial charge in [-0.1, -0.05) is 41.7 Å². The molecule has 2 aromatic heterocycles. The summed E-state index contributed by atoms with van der Waals surface area (Å²) >= 11 is 1.32. The second kappa shape index (κ2) is 6.61. The topological polar surface area (TPSA) is 65.7 Å². The van der Waals surface area contributed by atoms with Crippen molar-refractivity contribution in [3.63, 3.8) is 0 Å². The Morgan fingerprint density at radius 1 is 1.04 bits per heavy atom. The number of aromatic nitrogens is 3. The normalized spacial score (nSPS) is 11.8. The van der Waals surface area contributed by atoms with Gasteiger partial charge in [-0.2, -0.15) is 9.50 Å². The van der Waals surface area contributed by atoms with Gasteiger partial charge >= 0.3 is 0 Å². The molecule has 0 atom stereocenters. The molecule has 0 saturated carbocycles. The summed E-state index contributed by atoms with van der Waals surface area (Å²) in [6, 6.07) is 15.1. The lowest BCUT2D eigenvalue weighted by atomic mass is 10.2. The van der Waals surface area contributed by atoms with Crippen LogP contribution in [0.3, 0.4) is 0 Å². The molecule has 0 saturated heterocycles. The Morgan fingerprint density at radius 3 is 2.50 bits per heavy atom. The quantitative estimate of drug-likeness (QED) is 0.556. The highest BCUT2D eigenvalue weighted by Crippen LogP contribution is 2.31. The standard InChI is InChI=1S/C19H15N3O3S/c1-24-14-9-8-13(11-15(14)25-2)17-20-19-22(21-17)18(23)16(26-19)10-12-6-4-3-5-7-12/h3-11H,1-2H3/b16-10+. The van der Waals surface area contributed by atoms with E-state index in [1.165, 1.54) is 15.9 Å². The summed E-state index contributed by atoms with van der Waals surface area (Å²) in [5.41, 5.74) is 1.55. The average molecular weight is 365 g/mol. The van der Waals surface area contributed by atoms with E-state index in [1.54, 1.807) is 26.4 Å². The fraction of sp³-hybridized carbons (Fsp3) is 0.105. The van der Waals surface area contributed by atoms with Gasteiger partial charge in [0.05, 0.1) is 18.8 Å². The zero-order valence-electron chi connectivity index (χ0n) is 14.2. The van der Waals surface area contributed by atoms with Gasteiger partial charge in [0, 0.05) is 5.56 Å². The second-order valence-corrected chi connectivity index (χ2v) is 6.54. The number of methoxy groups -OCH3 is 2. The summed E-state index contributed by atoms with van der Waals surface area (Å²) in [7, 11) is 3.15. The van der Waals surface area contributed by atoms with Crippen molar-refractivity contribution >= 4 is 22.4 Å². The molecular formula is C19H15N3O3S. The van der Waals surface area contributed by atoms with Crippen molar-refractivity contribution in [1.29, 1.82) is 0 Å². The number of ether oxygens (including phenoxy) is 2. The number of hydrogen-bond donors (Lipinski definition) is 0. The summed E-state index contributed by atoms with van der Waals surface area (Å²) < 4.78 is 12.5. The summed E-state index contributed by atoms with van der Waals surface area (Å²) in [4.78, 5) is 17.6. The van der Waals surface area contributed by atoms with Crippen LogP contribution in [-0.2, 0) is 0 Å².